The molecule has 23 heavy (non-hydrogen) atoms. The summed E-state index contributed by atoms with van der Waals surface area (Å²) in [5.41, 5.74) is 1.84. The highest BCUT2D eigenvalue weighted by atomic mass is 35.5. The Morgan fingerprint density at radius 2 is 2.26 bits per heavy atom. The zero-order valence-electron chi connectivity index (χ0n) is 13.9. The number of amides is 1. The highest BCUT2D eigenvalue weighted by Crippen LogP contribution is 2.27. The third-order valence-corrected chi connectivity index (χ3v) is 3.69. The van der Waals surface area contributed by atoms with Crippen molar-refractivity contribution in [2.24, 2.45) is 0 Å². The maximum Gasteiger partial charge on any atom is 0.224 e. The predicted octanol–water partition coefficient (Wildman–Crippen LogP) is 2.91. The number of carbonyl (C=O) groups is 1. The molecule has 1 heterocycles. The number of halogens is 1. The summed E-state index contributed by atoms with van der Waals surface area (Å²) in [4.78, 5) is 12.0. The topological polar surface area (TPSA) is 59.6 Å². The molecule has 1 saturated heterocycles. The number of nitrogens with one attached hydrogen (secondary N) is 2. The number of hydrogen-bond donors (Lipinski definition) is 2. The maximum atomic E-state index is 12.0. The number of anilines is 1. The Bertz CT molecular complexity index is 491. The molecule has 6 heteroatoms. The van der Waals surface area contributed by atoms with Gasteiger partial charge in [0.25, 0.3) is 0 Å². The van der Waals surface area contributed by atoms with Crippen molar-refractivity contribution >= 4 is 24.0 Å². The third-order valence-electron chi connectivity index (χ3n) is 3.69. The number of benzene rings is 1. The number of ether oxygens (including phenoxy) is 2. The van der Waals surface area contributed by atoms with Gasteiger partial charge in [-0.25, -0.2) is 0 Å². The summed E-state index contributed by atoms with van der Waals surface area (Å²) in [7, 11) is 1.88. The van der Waals surface area contributed by atoms with Gasteiger partial charge in [0.15, 0.2) is 0 Å². The van der Waals surface area contributed by atoms with Crippen molar-refractivity contribution in [2.75, 3.05) is 32.1 Å². The van der Waals surface area contributed by atoms with E-state index in [0.29, 0.717) is 13.0 Å². The van der Waals surface area contributed by atoms with Crippen molar-refractivity contribution in [1.82, 2.24) is 5.32 Å². The van der Waals surface area contributed by atoms with Crippen molar-refractivity contribution in [3.05, 3.63) is 23.8 Å². The molecular weight excluding hydrogens is 316 g/mol. The van der Waals surface area contributed by atoms with Crippen molar-refractivity contribution in [1.29, 1.82) is 0 Å². The lowest BCUT2D eigenvalue weighted by atomic mass is 10.2. The van der Waals surface area contributed by atoms with Gasteiger partial charge in [-0.1, -0.05) is 6.07 Å². The first kappa shape index (κ1) is 19.7. The molecule has 0 saturated carbocycles. The molecule has 0 aliphatic carbocycles. The quantitative estimate of drug-likeness (QED) is 0.713. The summed E-state index contributed by atoms with van der Waals surface area (Å²) in [6, 6.07) is 5.83. The van der Waals surface area contributed by atoms with Crippen molar-refractivity contribution in [3.63, 3.8) is 0 Å². The Hall–Kier alpha value is -1.30. The highest BCUT2D eigenvalue weighted by Gasteiger charge is 2.17. The van der Waals surface area contributed by atoms with Crippen LogP contribution in [0.3, 0.4) is 0 Å². The first-order valence-corrected chi connectivity index (χ1v) is 7.98. The molecular formula is C17H27ClN2O3. The lowest BCUT2D eigenvalue weighted by molar-refractivity contribution is -0.116. The maximum absolute atomic E-state index is 12.0. The number of carbonyl (C=O) groups excluding carboxylic acids is 1. The SMILES string of the molecule is CNCCCC(=O)Nc1ccc(C)cc1OCC1CCCO1.Cl. The summed E-state index contributed by atoms with van der Waals surface area (Å²) in [5, 5.41) is 5.98. The molecule has 0 radical (unpaired) electrons. The van der Waals surface area contributed by atoms with Crippen LogP contribution in [0.5, 0.6) is 5.75 Å². The Kier molecular flexibility index (Phi) is 8.99. The van der Waals surface area contributed by atoms with Gasteiger partial charge in [-0.15, -0.1) is 12.4 Å². The Balaban J connectivity index is 0.00000264. The molecule has 1 amide bonds. The van der Waals surface area contributed by atoms with Gasteiger partial charge in [0, 0.05) is 13.0 Å². The zero-order valence-corrected chi connectivity index (χ0v) is 14.7. The van der Waals surface area contributed by atoms with Crippen LogP contribution in [0.15, 0.2) is 18.2 Å². The largest absolute Gasteiger partial charge is 0.489 e. The highest BCUT2D eigenvalue weighted by molar-refractivity contribution is 5.92. The fourth-order valence-corrected chi connectivity index (χ4v) is 2.45. The number of aryl methyl sites for hydroxylation is 1. The second-order valence-corrected chi connectivity index (χ2v) is 5.70. The van der Waals surface area contributed by atoms with E-state index in [0.717, 1.165) is 49.4 Å². The van der Waals surface area contributed by atoms with E-state index in [4.69, 9.17) is 9.47 Å². The summed E-state index contributed by atoms with van der Waals surface area (Å²) < 4.78 is 11.4. The van der Waals surface area contributed by atoms with E-state index in [9.17, 15) is 4.79 Å². The average Bonchev–Trinajstić information content (AvgIpc) is 3.01. The second-order valence-electron chi connectivity index (χ2n) is 5.70. The summed E-state index contributed by atoms with van der Waals surface area (Å²) in [5.74, 6) is 0.735. The number of hydrogen-bond acceptors (Lipinski definition) is 4. The van der Waals surface area contributed by atoms with Gasteiger partial charge in [0.1, 0.15) is 12.4 Å². The van der Waals surface area contributed by atoms with Crippen LogP contribution >= 0.6 is 12.4 Å². The van der Waals surface area contributed by atoms with E-state index in [2.05, 4.69) is 10.6 Å². The standard InChI is InChI=1S/C17H26N2O3.ClH/c1-13-7-8-15(19-17(20)6-3-9-18-2)16(11-13)22-12-14-5-4-10-21-14;/h7-8,11,14,18H,3-6,9-10,12H2,1-2H3,(H,19,20);1H. The monoisotopic (exact) mass is 342 g/mol. The van der Waals surface area contributed by atoms with Crippen LogP contribution < -0.4 is 15.4 Å². The van der Waals surface area contributed by atoms with E-state index in [1.54, 1.807) is 0 Å². The first-order valence-electron chi connectivity index (χ1n) is 7.98. The van der Waals surface area contributed by atoms with Crippen LogP contribution in [0.2, 0.25) is 0 Å². The minimum atomic E-state index is 0. The molecule has 1 aromatic carbocycles. The Labute approximate surface area is 144 Å². The van der Waals surface area contributed by atoms with Crippen LogP contribution in [0.25, 0.3) is 0 Å². The molecule has 0 bridgehead atoms. The van der Waals surface area contributed by atoms with E-state index in [-0.39, 0.29) is 24.4 Å². The summed E-state index contributed by atoms with van der Waals surface area (Å²) >= 11 is 0. The fourth-order valence-electron chi connectivity index (χ4n) is 2.45. The van der Waals surface area contributed by atoms with Crippen LogP contribution in [0.1, 0.15) is 31.2 Å². The molecule has 1 aromatic rings. The zero-order chi connectivity index (χ0) is 15.8. The lowest BCUT2D eigenvalue weighted by Crippen LogP contribution is -2.18. The van der Waals surface area contributed by atoms with E-state index in [1.165, 1.54) is 0 Å². The molecule has 1 aliphatic heterocycles. The van der Waals surface area contributed by atoms with Crippen LogP contribution in [0, 0.1) is 6.92 Å². The molecule has 0 aromatic heterocycles. The van der Waals surface area contributed by atoms with Gasteiger partial charge in [-0.05, 0) is 57.5 Å². The van der Waals surface area contributed by atoms with E-state index < -0.39 is 0 Å². The van der Waals surface area contributed by atoms with Gasteiger partial charge in [-0.3, -0.25) is 4.79 Å². The summed E-state index contributed by atoms with van der Waals surface area (Å²) in [6.45, 7) is 4.20. The molecule has 5 nitrogen and oxygen atoms in total. The predicted molar refractivity (Wildman–Crippen MR) is 94.7 cm³/mol. The van der Waals surface area contributed by atoms with E-state index in [1.807, 2.05) is 32.2 Å². The first-order chi connectivity index (χ1) is 10.7. The van der Waals surface area contributed by atoms with Gasteiger partial charge in [0.2, 0.25) is 5.91 Å². The molecule has 1 fully saturated rings. The minimum Gasteiger partial charge on any atom is -0.489 e. The second kappa shape index (κ2) is 10.5. The van der Waals surface area contributed by atoms with Crippen LogP contribution in [-0.4, -0.2) is 38.8 Å². The number of rotatable bonds is 8. The van der Waals surface area contributed by atoms with E-state index >= 15 is 0 Å². The smallest absolute Gasteiger partial charge is 0.224 e. The normalized spacial score (nSPS) is 16.7. The lowest BCUT2D eigenvalue weighted by Gasteiger charge is -2.16. The van der Waals surface area contributed by atoms with Gasteiger partial charge < -0.3 is 20.1 Å². The molecule has 2 N–H and O–H groups in total. The van der Waals surface area contributed by atoms with Crippen molar-refractivity contribution in [3.8, 4) is 5.75 Å². The van der Waals surface area contributed by atoms with Crippen LogP contribution in [-0.2, 0) is 9.53 Å². The van der Waals surface area contributed by atoms with Crippen molar-refractivity contribution in [2.45, 2.75) is 38.7 Å². The average molecular weight is 343 g/mol. The van der Waals surface area contributed by atoms with Crippen LogP contribution in [0.4, 0.5) is 5.69 Å². The Morgan fingerprint density at radius 1 is 1.43 bits per heavy atom. The molecule has 1 atom stereocenters. The molecule has 0 spiro atoms. The van der Waals surface area contributed by atoms with Gasteiger partial charge in [-0.2, -0.15) is 0 Å². The fraction of sp³-hybridized carbons (Fsp3) is 0.588. The van der Waals surface area contributed by atoms with Gasteiger partial charge >= 0.3 is 0 Å². The minimum absolute atomic E-state index is 0. The molecule has 1 unspecified atom stereocenters. The molecule has 1 aliphatic rings. The third kappa shape index (κ3) is 6.77. The van der Waals surface area contributed by atoms with Crippen molar-refractivity contribution < 1.29 is 14.3 Å². The molecule has 2 rings (SSSR count). The summed E-state index contributed by atoms with van der Waals surface area (Å²) in [6.07, 6.45) is 3.62. The Morgan fingerprint density at radius 3 is 2.96 bits per heavy atom. The van der Waals surface area contributed by atoms with Gasteiger partial charge in [0.05, 0.1) is 11.8 Å². The molecule has 130 valence electrons.